The predicted octanol–water partition coefficient (Wildman–Crippen LogP) is 0.886. The molecule has 18 heavy (non-hydrogen) atoms. The molecular weight excluding hydrogens is 250 g/mol. The van der Waals surface area contributed by atoms with E-state index in [0.29, 0.717) is 6.54 Å². The number of amides is 1. The van der Waals surface area contributed by atoms with Gasteiger partial charge in [0.25, 0.3) is 0 Å². The monoisotopic (exact) mass is 271 g/mol. The van der Waals surface area contributed by atoms with Gasteiger partial charge in [0.1, 0.15) is 5.82 Å². The average molecular weight is 271 g/mol. The van der Waals surface area contributed by atoms with Crippen LogP contribution in [0.3, 0.4) is 0 Å². The highest BCUT2D eigenvalue weighted by molar-refractivity contribution is 8.00. The molecule has 0 aromatic carbocycles. The van der Waals surface area contributed by atoms with Gasteiger partial charge in [-0.15, -0.1) is 10.2 Å². The Labute approximate surface area is 112 Å². The molecule has 0 bridgehead atoms. The lowest BCUT2D eigenvalue weighted by Crippen LogP contribution is -2.30. The fraction of sp³-hybridized carbons (Fsp3) is 0.727. The Kier molecular flexibility index (Phi) is 5.15. The van der Waals surface area contributed by atoms with Crippen LogP contribution >= 0.6 is 11.8 Å². The molecule has 0 saturated carbocycles. The van der Waals surface area contributed by atoms with Crippen LogP contribution < -0.4 is 5.73 Å². The molecule has 0 aliphatic heterocycles. The first-order valence-corrected chi connectivity index (χ1v) is 6.78. The lowest BCUT2D eigenvalue weighted by atomic mass is 10.4. The average Bonchev–Trinajstić information content (AvgIpc) is 2.70. The van der Waals surface area contributed by atoms with E-state index in [1.165, 1.54) is 11.8 Å². The van der Waals surface area contributed by atoms with E-state index in [1.807, 2.05) is 25.3 Å². The van der Waals surface area contributed by atoms with Crippen LogP contribution in [0, 0.1) is 0 Å². The molecule has 1 rings (SSSR count). The molecule has 0 fully saturated rings. The standard InChI is InChI=1S/C11H21N5OS/c1-7(2)16-9(6-12)13-14-11(16)18-8(3)10(17)15(4)5/h7-8H,6,12H2,1-5H3. The van der Waals surface area contributed by atoms with Crippen LogP contribution in [0.25, 0.3) is 0 Å². The van der Waals surface area contributed by atoms with Crippen molar-refractivity contribution in [2.45, 2.75) is 43.8 Å². The topological polar surface area (TPSA) is 77.0 Å². The molecule has 1 aromatic rings. The zero-order valence-corrected chi connectivity index (χ0v) is 12.4. The second kappa shape index (κ2) is 6.19. The maximum Gasteiger partial charge on any atom is 0.235 e. The first-order chi connectivity index (χ1) is 8.38. The Balaban J connectivity index is 2.91. The molecule has 1 heterocycles. The quantitative estimate of drug-likeness (QED) is 0.805. The van der Waals surface area contributed by atoms with Crippen molar-refractivity contribution >= 4 is 17.7 Å². The van der Waals surface area contributed by atoms with E-state index < -0.39 is 0 Å². The van der Waals surface area contributed by atoms with Gasteiger partial charge >= 0.3 is 0 Å². The molecular formula is C11H21N5OS. The van der Waals surface area contributed by atoms with Gasteiger partial charge < -0.3 is 15.2 Å². The van der Waals surface area contributed by atoms with Gasteiger partial charge in [-0.05, 0) is 20.8 Å². The Bertz CT molecular complexity index is 416. The number of hydrogen-bond donors (Lipinski definition) is 1. The second-order valence-corrected chi connectivity index (χ2v) is 5.87. The van der Waals surface area contributed by atoms with Crippen molar-refractivity contribution in [1.29, 1.82) is 0 Å². The van der Waals surface area contributed by atoms with Gasteiger partial charge in [0, 0.05) is 20.1 Å². The van der Waals surface area contributed by atoms with Crippen LogP contribution in [0.1, 0.15) is 32.6 Å². The summed E-state index contributed by atoms with van der Waals surface area (Å²) < 4.78 is 1.98. The molecule has 0 saturated heterocycles. The highest BCUT2D eigenvalue weighted by Gasteiger charge is 2.21. The number of aromatic nitrogens is 3. The summed E-state index contributed by atoms with van der Waals surface area (Å²) in [5.41, 5.74) is 5.63. The van der Waals surface area contributed by atoms with Gasteiger partial charge in [-0.25, -0.2) is 0 Å². The van der Waals surface area contributed by atoms with Crippen molar-refractivity contribution in [2.75, 3.05) is 14.1 Å². The maximum atomic E-state index is 11.8. The second-order valence-electron chi connectivity index (χ2n) is 4.56. The van der Waals surface area contributed by atoms with Crippen LogP contribution in [-0.2, 0) is 11.3 Å². The Hall–Kier alpha value is -1.08. The minimum atomic E-state index is -0.188. The molecule has 0 radical (unpaired) electrons. The van der Waals surface area contributed by atoms with E-state index in [4.69, 9.17) is 5.73 Å². The number of thioether (sulfide) groups is 1. The predicted molar refractivity (Wildman–Crippen MR) is 72.3 cm³/mol. The smallest absolute Gasteiger partial charge is 0.235 e. The highest BCUT2D eigenvalue weighted by Crippen LogP contribution is 2.25. The van der Waals surface area contributed by atoms with Crippen molar-refractivity contribution in [3.8, 4) is 0 Å². The van der Waals surface area contributed by atoms with E-state index in [-0.39, 0.29) is 17.2 Å². The number of hydrogen-bond acceptors (Lipinski definition) is 5. The van der Waals surface area contributed by atoms with E-state index in [9.17, 15) is 4.79 Å². The summed E-state index contributed by atoms with van der Waals surface area (Å²) in [5.74, 6) is 0.810. The van der Waals surface area contributed by atoms with Crippen molar-refractivity contribution in [2.24, 2.45) is 5.73 Å². The molecule has 1 atom stereocenters. The third-order valence-corrected chi connectivity index (χ3v) is 3.55. The van der Waals surface area contributed by atoms with Gasteiger partial charge in [0.05, 0.1) is 11.8 Å². The molecule has 2 N–H and O–H groups in total. The SMILES string of the molecule is CC(Sc1nnc(CN)n1C(C)C)C(=O)N(C)C. The maximum absolute atomic E-state index is 11.8. The molecule has 1 unspecified atom stereocenters. The van der Waals surface area contributed by atoms with Crippen LogP contribution in [0.4, 0.5) is 0 Å². The summed E-state index contributed by atoms with van der Waals surface area (Å²) in [6.07, 6.45) is 0. The van der Waals surface area contributed by atoms with Crippen molar-refractivity contribution in [3.05, 3.63) is 5.82 Å². The van der Waals surface area contributed by atoms with E-state index in [0.717, 1.165) is 11.0 Å². The summed E-state index contributed by atoms with van der Waals surface area (Å²) in [5, 5.41) is 8.73. The first-order valence-electron chi connectivity index (χ1n) is 5.90. The summed E-state index contributed by atoms with van der Waals surface area (Å²) in [7, 11) is 3.50. The lowest BCUT2D eigenvalue weighted by molar-refractivity contribution is -0.127. The van der Waals surface area contributed by atoms with Crippen molar-refractivity contribution in [3.63, 3.8) is 0 Å². The highest BCUT2D eigenvalue weighted by atomic mass is 32.2. The van der Waals surface area contributed by atoms with Gasteiger partial charge in [-0.3, -0.25) is 4.79 Å². The third-order valence-electron chi connectivity index (χ3n) is 2.50. The van der Waals surface area contributed by atoms with Crippen LogP contribution in [0.15, 0.2) is 5.16 Å². The number of carbonyl (C=O) groups excluding carboxylic acids is 1. The summed E-state index contributed by atoms with van der Waals surface area (Å²) in [4.78, 5) is 13.4. The Morgan fingerprint density at radius 1 is 1.39 bits per heavy atom. The first kappa shape index (κ1) is 15.0. The minimum absolute atomic E-state index is 0.0626. The van der Waals surface area contributed by atoms with E-state index in [1.54, 1.807) is 19.0 Å². The zero-order chi connectivity index (χ0) is 13.9. The van der Waals surface area contributed by atoms with Gasteiger partial charge in [0.2, 0.25) is 5.91 Å². The lowest BCUT2D eigenvalue weighted by Gasteiger charge is -2.18. The van der Waals surface area contributed by atoms with Gasteiger partial charge in [-0.2, -0.15) is 0 Å². The van der Waals surface area contributed by atoms with Crippen LogP contribution in [0.2, 0.25) is 0 Å². The summed E-state index contributed by atoms with van der Waals surface area (Å²) in [6.45, 7) is 6.31. The van der Waals surface area contributed by atoms with E-state index in [2.05, 4.69) is 10.2 Å². The van der Waals surface area contributed by atoms with Crippen LogP contribution in [0.5, 0.6) is 0 Å². The van der Waals surface area contributed by atoms with Gasteiger partial charge in [0.15, 0.2) is 5.16 Å². The summed E-state index contributed by atoms with van der Waals surface area (Å²) >= 11 is 1.41. The number of nitrogens with zero attached hydrogens (tertiary/aromatic N) is 4. The third kappa shape index (κ3) is 3.23. The number of nitrogens with two attached hydrogens (primary N) is 1. The molecule has 0 aliphatic rings. The minimum Gasteiger partial charge on any atom is -0.348 e. The van der Waals surface area contributed by atoms with Crippen molar-refractivity contribution < 1.29 is 4.79 Å². The Morgan fingerprint density at radius 3 is 2.44 bits per heavy atom. The fourth-order valence-corrected chi connectivity index (χ4v) is 2.76. The zero-order valence-electron chi connectivity index (χ0n) is 11.5. The fourth-order valence-electron chi connectivity index (χ4n) is 1.62. The van der Waals surface area contributed by atoms with E-state index >= 15 is 0 Å². The number of rotatable bonds is 5. The Morgan fingerprint density at radius 2 is 2.00 bits per heavy atom. The number of carbonyl (C=O) groups is 1. The van der Waals surface area contributed by atoms with Crippen LogP contribution in [-0.4, -0.2) is 44.9 Å². The molecule has 0 aliphatic carbocycles. The molecule has 1 amide bonds. The van der Waals surface area contributed by atoms with Gasteiger partial charge in [-0.1, -0.05) is 11.8 Å². The summed E-state index contributed by atoms with van der Waals surface area (Å²) in [6, 6.07) is 0.225. The molecule has 7 heteroatoms. The largest absolute Gasteiger partial charge is 0.348 e. The molecule has 0 spiro atoms. The molecule has 102 valence electrons. The van der Waals surface area contributed by atoms with Crippen molar-refractivity contribution in [1.82, 2.24) is 19.7 Å². The normalized spacial score (nSPS) is 12.8. The molecule has 6 nitrogen and oxygen atoms in total. The molecule has 1 aromatic heterocycles.